The van der Waals surface area contributed by atoms with Gasteiger partial charge in [0.05, 0.1) is 0 Å². The second-order valence-corrected chi connectivity index (χ2v) is 8.40. The normalized spacial score (nSPS) is 29.2. The second kappa shape index (κ2) is 9.42. The van der Waals surface area contributed by atoms with Crippen molar-refractivity contribution in [1.29, 1.82) is 0 Å². The highest BCUT2D eigenvalue weighted by Gasteiger charge is 2.42. The highest BCUT2D eigenvalue weighted by atomic mass is 16.0. The van der Waals surface area contributed by atoms with E-state index in [0.29, 0.717) is 10.8 Å². The van der Waals surface area contributed by atoms with Crippen molar-refractivity contribution in [2.24, 2.45) is 22.7 Å². The summed E-state index contributed by atoms with van der Waals surface area (Å²) in [5.74, 6) is 1.58. The van der Waals surface area contributed by atoms with Crippen LogP contribution >= 0.6 is 0 Å². The van der Waals surface area contributed by atoms with Crippen LogP contribution in [0, 0.1) is 29.6 Å². The Hall–Kier alpha value is -1.08. The lowest BCUT2D eigenvalue weighted by molar-refractivity contribution is 0.0403. The van der Waals surface area contributed by atoms with Crippen molar-refractivity contribution in [2.45, 2.75) is 74.1 Å². The Morgan fingerprint density at radius 2 is 1.79 bits per heavy atom. The monoisotopic (exact) mass is 332 g/mol. The lowest BCUT2D eigenvalue weighted by Crippen LogP contribution is -2.38. The van der Waals surface area contributed by atoms with E-state index in [0.717, 1.165) is 18.3 Å². The quantitative estimate of drug-likeness (QED) is 0.574. The summed E-state index contributed by atoms with van der Waals surface area (Å²) in [5, 5.41) is 0. The first-order valence-electron chi connectivity index (χ1n) is 9.36. The molecule has 1 saturated carbocycles. The van der Waals surface area contributed by atoms with Gasteiger partial charge in [0.2, 0.25) is 0 Å². The first-order valence-corrected chi connectivity index (χ1v) is 9.36. The molecule has 3 atom stereocenters. The molecule has 1 fully saturated rings. The van der Waals surface area contributed by atoms with Crippen LogP contribution in [-0.2, 0) is 6.42 Å². The molecule has 24 heavy (non-hydrogen) atoms. The van der Waals surface area contributed by atoms with Crippen molar-refractivity contribution in [2.75, 3.05) is 0 Å². The number of hydrogen-bond acceptors (Lipinski definition) is 0. The van der Waals surface area contributed by atoms with Gasteiger partial charge in [0, 0.05) is 0 Å². The highest BCUT2D eigenvalue weighted by Crippen LogP contribution is 2.52. The third kappa shape index (κ3) is 5.48. The molecule has 0 spiro atoms. The zero-order valence-corrected chi connectivity index (χ0v) is 17.1. The van der Waals surface area contributed by atoms with Crippen LogP contribution in [0.4, 0.5) is 0 Å². The van der Waals surface area contributed by atoms with Gasteiger partial charge < -0.3 is 5.48 Å². The minimum Gasteiger partial charge on any atom is -0.412 e. The van der Waals surface area contributed by atoms with E-state index in [9.17, 15) is 0 Å². The predicted octanol–water partition coefficient (Wildman–Crippen LogP) is 6.39. The molecule has 1 aromatic rings. The summed E-state index contributed by atoms with van der Waals surface area (Å²) in [6.45, 7) is 20.3. The Kier molecular flexibility index (Phi) is 8.99. The molecule has 0 saturated heterocycles. The molecular formula is C23H40O. The van der Waals surface area contributed by atoms with Crippen LogP contribution in [0.25, 0.3) is 0 Å². The van der Waals surface area contributed by atoms with Gasteiger partial charge >= 0.3 is 0 Å². The van der Waals surface area contributed by atoms with E-state index in [2.05, 4.69) is 85.4 Å². The highest BCUT2D eigenvalue weighted by molar-refractivity contribution is 5.25. The summed E-state index contributed by atoms with van der Waals surface area (Å²) in [5.41, 5.74) is 3.80. The van der Waals surface area contributed by atoms with Gasteiger partial charge in [-0.3, -0.25) is 0 Å². The molecule has 1 nitrogen and oxygen atoms in total. The molecule has 0 amide bonds. The van der Waals surface area contributed by atoms with Gasteiger partial charge in [-0.1, -0.05) is 71.9 Å². The number of rotatable bonds is 3. The van der Waals surface area contributed by atoms with E-state index in [4.69, 9.17) is 0 Å². The molecule has 0 aliphatic heterocycles. The number of aryl methyl sites for hydroxylation is 2. The first-order chi connectivity index (χ1) is 10.7. The van der Waals surface area contributed by atoms with Gasteiger partial charge in [0.1, 0.15) is 0 Å². The van der Waals surface area contributed by atoms with Gasteiger partial charge in [-0.15, -0.1) is 6.58 Å². The summed E-state index contributed by atoms with van der Waals surface area (Å²) in [6.07, 6.45) is 7.35. The van der Waals surface area contributed by atoms with E-state index < -0.39 is 0 Å². The Bertz CT molecular complexity index is 505. The molecule has 1 aliphatic carbocycles. The fourth-order valence-electron chi connectivity index (χ4n) is 3.67. The molecule has 0 aromatic heterocycles. The Morgan fingerprint density at radius 1 is 1.21 bits per heavy atom. The lowest BCUT2D eigenvalue weighted by Gasteiger charge is -2.48. The van der Waals surface area contributed by atoms with Crippen LogP contribution in [0.3, 0.4) is 0 Å². The topological polar surface area (TPSA) is 31.5 Å². The van der Waals surface area contributed by atoms with E-state index in [1.54, 1.807) is 0 Å². The van der Waals surface area contributed by atoms with Crippen molar-refractivity contribution in [1.82, 2.24) is 0 Å². The van der Waals surface area contributed by atoms with E-state index in [-0.39, 0.29) is 5.48 Å². The molecule has 138 valence electrons. The van der Waals surface area contributed by atoms with Crippen molar-refractivity contribution >= 4 is 0 Å². The van der Waals surface area contributed by atoms with Gasteiger partial charge in [-0.05, 0) is 66.4 Å². The van der Waals surface area contributed by atoms with E-state index >= 15 is 0 Å². The summed E-state index contributed by atoms with van der Waals surface area (Å²) < 4.78 is 0. The van der Waals surface area contributed by atoms with Gasteiger partial charge in [0.15, 0.2) is 0 Å². The second-order valence-electron chi connectivity index (χ2n) is 8.40. The van der Waals surface area contributed by atoms with Crippen LogP contribution in [0.5, 0.6) is 0 Å². The maximum absolute atomic E-state index is 4.00. The fraction of sp³-hybridized carbons (Fsp3) is 0.652. The molecule has 2 N–H and O–H groups in total. The average molecular weight is 333 g/mol. The third-order valence-electron chi connectivity index (χ3n) is 6.64. The lowest BCUT2D eigenvalue weighted by atomic mass is 9.57. The Morgan fingerprint density at radius 3 is 2.17 bits per heavy atom. The van der Waals surface area contributed by atoms with Crippen molar-refractivity contribution in [3.05, 3.63) is 48.0 Å². The zero-order valence-electron chi connectivity index (χ0n) is 17.1. The number of benzene rings is 1. The predicted molar refractivity (Wildman–Crippen MR) is 108 cm³/mol. The molecule has 1 heteroatoms. The van der Waals surface area contributed by atoms with E-state index in [1.165, 1.54) is 30.4 Å². The summed E-state index contributed by atoms with van der Waals surface area (Å²) >= 11 is 0. The SMILES string of the molecule is C=CC1(C)CCC(C)(C(C)C)C[C@@H]1C.CCc1ccccc1C.O. The van der Waals surface area contributed by atoms with Crippen molar-refractivity contribution in [3.63, 3.8) is 0 Å². The Balaban J connectivity index is 0.000000460. The molecule has 1 aromatic carbocycles. The van der Waals surface area contributed by atoms with Crippen LogP contribution < -0.4 is 0 Å². The van der Waals surface area contributed by atoms with Gasteiger partial charge in [-0.2, -0.15) is 0 Å². The van der Waals surface area contributed by atoms with Crippen LogP contribution in [0.2, 0.25) is 0 Å². The van der Waals surface area contributed by atoms with Gasteiger partial charge in [0.25, 0.3) is 0 Å². The smallest absolute Gasteiger partial charge is 0.0123 e. The van der Waals surface area contributed by atoms with Gasteiger partial charge in [-0.25, -0.2) is 0 Å². The Labute approximate surface area is 150 Å². The standard InChI is InChI=1S/C14H26.C9H12.H2O/c1-7-13(5)8-9-14(6,11(2)3)10-12(13)4;1-3-9-7-5-4-6-8(9)2;/h7,11-12H,1,8-10H2,2-6H3;4-7H,3H2,1-2H3;1H2/t12-,13?,14?;;/m0../s1. The molecular weight excluding hydrogens is 292 g/mol. The summed E-state index contributed by atoms with van der Waals surface area (Å²) in [6, 6.07) is 8.49. The molecule has 0 heterocycles. The van der Waals surface area contributed by atoms with E-state index in [1.807, 2.05) is 0 Å². The van der Waals surface area contributed by atoms with Crippen molar-refractivity contribution < 1.29 is 5.48 Å². The van der Waals surface area contributed by atoms with Crippen LogP contribution in [0.1, 0.15) is 71.9 Å². The maximum Gasteiger partial charge on any atom is -0.0123 e. The largest absolute Gasteiger partial charge is 0.412 e. The summed E-state index contributed by atoms with van der Waals surface area (Å²) in [7, 11) is 0. The molecule has 2 rings (SSSR count). The van der Waals surface area contributed by atoms with Crippen molar-refractivity contribution in [3.8, 4) is 0 Å². The number of allylic oxidation sites excluding steroid dienone is 1. The molecule has 1 aliphatic rings. The van der Waals surface area contributed by atoms with Crippen LogP contribution in [0.15, 0.2) is 36.9 Å². The first kappa shape index (κ1) is 22.9. The third-order valence-corrected chi connectivity index (χ3v) is 6.64. The average Bonchev–Trinajstić information content (AvgIpc) is 2.52. The minimum atomic E-state index is 0. The maximum atomic E-state index is 4.00. The number of hydrogen-bond donors (Lipinski definition) is 0. The fourth-order valence-corrected chi connectivity index (χ4v) is 3.67. The molecule has 0 radical (unpaired) electrons. The van der Waals surface area contributed by atoms with Crippen LogP contribution in [-0.4, -0.2) is 5.48 Å². The molecule has 2 unspecified atom stereocenters. The zero-order chi connectivity index (χ0) is 17.7. The molecule has 0 bridgehead atoms. The minimum absolute atomic E-state index is 0. The summed E-state index contributed by atoms with van der Waals surface area (Å²) in [4.78, 5) is 0.